The fourth-order valence-corrected chi connectivity index (χ4v) is 2.04. The first-order valence-electron chi connectivity index (χ1n) is 5.66. The van der Waals surface area contributed by atoms with Gasteiger partial charge in [0.2, 0.25) is 0 Å². The molecule has 0 saturated carbocycles. The van der Waals surface area contributed by atoms with Crippen LogP contribution in [0.25, 0.3) is 11.0 Å². The van der Waals surface area contributed by atoms with Crippen LogP contribution in [0.1, 0.15) is 5.56 Å². The SMILES string of the molecule is Clc1cccc(OCc2coc3ccccc23)c1. The van der Waals surface area contributed by atoms with Crippen molar-refractivity contribution in [2.24, 2.45) is 0 Å². The Bertz CT molecular complexity index is 673. The largest absolute Gasteiger partial charge is 0.489 e. The van der Waals surface area contributed by atoms with Gasteiger partial charge in [-0.25, -0.2) is 0 Å². The maximum absolute atomic E-state index is 5.90. The number of halogens is 1. The highest BCUT2D eigenvalue weighted by atomic mass is 35.5. The highest BCUT2D eigenvalue weighted by Crippen LogP contribution is 2.23. The van der Waals surface area contributed by atoms with Crippen LogP contribution >= 0.6 is 11.6 Å². The third-order valence-electron chi connectivity index (χ3n) is 2.75. The summed E-state index contributed by atoms with van der Waals surface area (Å²) in [5.74, 6) is 0.757. The zero-order chi connectivity index (χ0) is 12.4. The molecule has 3 heteroatoms. The Labute approximate surface area is 110 Å². The van der Waals surface area contributed by atoms with Gasteiger partial charge in [0.25, 0.3) is 0 Å². The quantitative estimate of drug-likeness (QED) is 0.681. The minimum atomic E-state index is 0.470. The third-order valence-corrected chi connectivity index (χ3v) is 2.99. The van der Waals surface area contributed by atoms with Crippen molar-refractivity contribution >= 4 is 22.6 Å². The fraction of sp³-hybridized carbons (Fsp3) is 0.0667. The standard InChI is InChI=1S/C15H11ClO2/c16-12-4-3-5-13(8-12)17-9-11-10-18-15-7-2-1-6-14(11)15/h1-8,10H,9H2. The van der Waals surface area contributed by atoms with Crippen LogP contribution in [0.2, 0.25) is 5.02 Å². The maximum atomic E-state index is 5.90. The molecule has 90 valence electrons. The molecule has 0 radical (unpaired) electrons. The zero-order valence-corrected chi connectivity index (χ0v) is 10.4. The number of rotatable bonds is 3. The van der Waals surface area contributed by atoms with E-state index in [1.807, 2.05) is 42.5 Å². The van der Waals surface area contributed by atoms with Crippen LogP contribution in [-0.2, 0) is 6.61 Å². The summed E-state index contributed by atoms with van der Waals surface area (Å²) in [4.78, 5) is 0. The Morgan fingerprint density at radius 2 is 1.94 bits per heavy atom. The Morgan fingerprint density at radius 1 is 1.06 bits per heavy atom. The van der Waals surface area contributed by atoms with Crippen molar-refractivity contribution in [3.05, 3.63) is 65.4 Å². The number of benzene rings is 2. The van der Waals surface area contributed by atoms with E-state index in [9.17, 15) is 0 Å². The van der Waals surface area contributed by atoms with E-state index in [1.54, 1.807) is 12.3 Å². The normalized spacial score (nSPS) is 10.7. The van der Waals surface area contributed by atoms with E-state index in [0.717, 1.165) is 22.3 Å². The van der Waals surface area contributed by atoms with Gasteiger partial charge in [0.1, 0.15) is 17.9 Å². The molecule has 0 fully saturated rings. The summed E-state index contributed by atoms with van der Waals surface area (Å²) in [6.07, 6.45) is 1.73. The van der Waals surface area contributed by atoms with Crippen LogP contribution in [0.5, 0.6) is 5.75 Å². The molecular formula is C15H11ClO2. The highest BCUT2D eigenvalue weighted by Gasteiger charge is 2.05. The van der Waals surface area contributed by atoms with Crippen molar-refractivity contribution in [1.82, 2.24) is 0 Å². The summed E-state index contributed by atoms with van der Waals surface area (Å²) >= 11 is 5.90. The molecule has 2 aromatic carbocycles. The molecule has 0 aliphatic heterocycles. The number of hydrogen-bond acceptors (Lipinski definition) is 2. The van der Waals surface area contributed by atoms with Crippen LogP contribution < -0.4 is 4.74 Å². The summed E-state index contributed by atoms with van der Waals surface area (Å²) in [6, 6.07) is 15.3. The Balaban J connectivity index is 1.81. The molecule has 0 aliphatic rings. The van der Waals surface area contributed by atoms with Gasteiger partial charge in [-0.05, 0) is 24.3 Å². The topological polar surface area (TPSA) is 22.4 Å². The van der Waals surface area contributed by atoms with Crippen molar-refractivity contribution in [1.29, 1.82) is 0 Å². The van der Waals surface area contributed by atoms with E-state index >= 15 is 0 Å². The number of furan rings is 1. The van der Waals surface area contributed by atoms with Crippen LogP contribution in [0.4, 0.5) is 0 Å². The lowest BCUT2D eigenvalue weighted by molar-refractivity contribution is 0.306. The molecule has 0 N–H and O–H groups in total. The Morgan fingerprint density at radius 3 is 2.83 bits per heavy atom. The van der Waals surface area contributed by atoms with E-state index in [-0.39, 0.29) is 0 Å². The highest BCUT2D eigenvalue weighted by molar-refractivity contribution is 6.30. The molecule has 0 unspecified atom stereocenters. The molecular weight excluding hydrogens is 248 g/mol. The second-order valence-corrected chi connectivity index (χ2v) is 4.44. The Kier molecular flexibility index (Phi) is 2.95. The molecule has 0 spiro atoms. The van der Waals surface area contributed by atoms with Gasteiger partial charge in [0.05, 0.1) is 6.26 Å². The molecule has 0 atom stereocenters. The zero-order valence-electron chi connectivity index (χ0n) is 9.60. The minimum Gasteiger partial charge on any atom is -0.489 e. The van der Waals surface area contributed by atoms with Crippen molar-refractivity contribution < 1.29 is 9.15 Å². The Hall–Kier alpha value is -1.93. The van der Waals surface area contributed by atoms with E-state index in [4.69, 9.17) is 20.8 Å². The summed E-state index contributed by atoms with van der Waals surface area (Å²) in [5.41, 5.74) is 1.91. The summed E-state index contributed by atoms with van der Waals surface area (Å²) in [6.45, 7) is 0.470. The van der Waals surface area contributed by atoms with E-state index in [2.05, 4.69) is 0 Å². The first-order chi connectivity index (χ1) is 8.83. The third kappa shape index (κ3) is 2.20. The first-order valence-corrected chi connectivity index (χ1v) is 6.04. The van der Waals surface area contributed by atoms with E-state index in [0.29, 0.717) is 11.6 Å². The van der Waals surface area contributed by atoms with Gasteiger partial charge in [0, 0.05) is 16.0 Å². The van der Waals surface area contributed by atoms with Crippen LogP contribution in [0.3, 0.4) is 0 Å². The summed E-state index contributed by atoms with van der Waals surface area (Å²) in [5, 5.41) is 1.75. The smallest absolute Gasteiger partial charge is 0.134 e. The predicted octanol–water partition coefficient (Wildman–Crippen LogP) is 4.67. The van der Waals surface area contributed by atoms with Crippen LogP contribution in [0, 0.1) is 0 Å². The monoisotopic (exact) mass is 258 g/mol. The number of ether oxygens (including phenoxy) is 1. The molecule has 1 aromatic heterocycles. The van der Waals surface area contributed by atoms with Gasteiger partial charge in [-0.1, -0.05) is 35.9 Å². The lowest BCUT2D eigenvalue weighted by Gasteiger charge is -2.04. The van der Waals surface area contributed by atoms with Crippen molar-refractivity contribution in [2.45, 2.75) is 6.61 Å². The molecule has 3 aromatic rings. The molecule has 0 amide bonds. The molecule has 0 aliphatic carbocycles. The van der Waals surface area contributed by atoms with Gasteiger partial charge in [-0.2, -0.15) is 0 Å². The summed E-state index contributed by atoms with van der Waals surface area (Å²) in [7, 11) is 0. The molecule has 3 rings (SSSR count). The van der Waals surface area contributed by atoms with Gasteiger partial charge >= 0.3 is 0 Å². The fourth-order valence-electron chi connectivity index (χ4n) is 1.86. The van der Waals surface area contributed by atoms with Crippen LogP contribution in [-0.4, -0.2) is 0 Å². The molecule has 0 bridgehead atoms. The predicted molar refractivity (Wildman–Crippen MR) is 72.0 cm³/mol. The van der Waals surface area contributed by atoms with Gasteiger partial charge in [-0.3, -0.25) is 0 Å². The van der Waals surface area contributed by atoms with Crippen molar-refractivity contribution in [3.8, 4) is 5.75 Å². The maximum Gasteiger partial charge on any atom is 0.134 e. The second kappa shape index (κ2) is 4.75. The average Bonchev–Trinajstić information content (AvgIpc) is 2.80. The lowest BCUT2D eigenvalue weighted by Crippen LogP contribution is -1.93. The molecule has 18 heavy (non-hydrogen) atoms. The lowest BCUT2D eigenvalue weighted by atomic mass is 10.2. The van der Waals surface area contributed by atoms with Gasteiger partial charge < -0.3 is 9.15 Å². The van der Waals surface area contributed by atoms with E-state index in [1.165, 1.54) is 0 Å². The van der Waals surface area contributed by atoms with Crippen LogP contribution in [0.15, 0.2) is 59.2 Å². The molecule has 2 nitrogen and oxygen atoms in total. The minimum absolute atomic E-state index is 0.470. The number of fused-ring (bicyclic) bond motifs is 1. The van der Waals surface area contributed by atoms with Crippen molar-refractivity contribution in [2.75, 3.05) is 0 Å². The van der Waals surface area contributed by atoms with Crippen molar-refractivity contribution in [3.63, 3.8) is 0 Å². The number of para-hydroxylation sites is 1. The molecule has 1 heterocycles. The van der Waals surface area contributed by atoms with E-state index < -0.39 is 0 Å². The molecule has 0 saturated heterocycles. The summed E-state index contributed by atoms with van der Waals surface area (Å²) < 4.78 is 11.1. The number of hydrogen-bond donors (Lipinski definition) is 0. The second-order valence-electron chi connectivity index (χ2n) is 4.00. The van der Waals surface area contributed by atoms with Gasteiger partial charge in [-0.15, -0.1) is 0 Å². The first kappa shape index (κ1) is 11.2. The average molecular weight is 259 g/mol. The van der Waals surface area contributed by atoms with Gasteiger partial charge in [0.15, 0.2) is 0 Å².